The third-order valence-corrected chi connectivity index (χ3v) is 10.4. The quantitative estimate of drug-likeness (QED) is 0.0422. The number of rotatable bonds is 5. The van der Waals surface area contributed by atoms with Gasteiger partial charge in [0.15, 0.2) is 5.56 Å². The molecule has 0 saturated heterocycles. The van der Waals surface area contributed by atoms with Crippen LogP contribution in [0.3, 0.4) is 0 Å². The van der Waals surface area contributed by atoms with Crippen LogP contribution in [0.25, 0.3) is 0 Å². The molecule has 23 nitrogen and oxygen atoms in total. The molecular weight excluding hydrogens is 1200 g/mol. The van der Waals surface area contributed by atoms with Crippen LogP contribution in [0.2, 0.25) is 10.3 Å². The van der Waals surface area contributed by atoms with E-state index in [0.29, 0.717) is 3.57 Å². The van der Waals surface area contributed by atoms with Gasteiger partial charge in [0.1, 0.15) is 39.1 Å². The van der Waals surface area contributed by atoms with E-state index in [1.807, 2.05) is 45.2 Å². The van der Waals surface area contributed by atoms with E-state index < -0.39 is 61.8 Å². The van der Waals surface area contributed by atoms with Crippen molar-refractivity contribution in [1.29, 1.82) is 5.26 Å². The van der Waals surface area contributed by atoms with Gasteiger partial charge in [0, 0.05) is 63.0 Å². The molecule has 8 N–H and O–H groups in total. The average molecular weight is 1250 g/mol. The van der Waals surface area contributed by atoms with Gasteiger partial charge in [0.2, 0.25) is 0 Å². The molecule has 3 aromatic heterocycles. The van der Waals surface area contributed by atoms with Crippen molar-refractivity contribution in [2.45, 2.75) is 36.1 Å². The van der Waals surface area contributed by atoms with Gasteiger partial charge in [-0.15, -0.1) is 0 Å². The monoisotopic (exact) mass is 1250 g/mol. The molecule has 2 amide bonds. The highest BCUT2D eigenvalue weighted by Crippen LogP contribution is 2.17. The second kappa shape index (κ2) is 29.4. The minimum absolute atomic E-state index is 0. The van der Waals surface area contributed by atoms with Crippen molar-refractivity contribution in [3.05, 3.63) is 156 Å². The van der Waals surface area contributed by atoms with Gasteiger partial charge in [-0.3, -0.25) is 55.9 Å². The molecule has 0 atom stereocenters. The summed E-state index contributed by atoms with van der Waals surface area (Å²) < 4.78 is 61.5. The lowest BCUT2D eigenvalue weighted by Gasteiger charge is -2.14. The smallest absolute Gasteiger partial charge is 0.396 e. The summed E-state index contributed by atoms with van der Waals surface area (Å²) >= 11 is 15.2. The molecular formula is C38H52Cl2F2I2N10O13S. The molecule has 3 heterocycles. The van der Waals surface area contributed by atoms with Gasteiger partial charge in [-0.1, -0.05) is 63.3 Å². The Morgan fingerprint density at radius 3 is 1.44 bits per heavy atom. The Balaban J connectivity index is -0.000000257. The fourth-order valence-corrected chi connectivity index (χ4v) is 5.98. The Morgan fingerprint density at radius 1 is 0.706 bits per heavy atom. The number of hydrogen-bond donors (Lipinski definition) is 5. The Bertz CT molecular complexity index is 3170. The maximum absolute atomic E-state index is 14.0. The predicted octanol–water partition coefficient (Wildman–Crippen LogP) is 3.04. The second-order valence-corrected chi connectivity index (χ2v) is 16.4. The number of benzene rings is 2. The molecule has 0 aliphatic rings. The van der Waals surface area contributed by atoms with E-state index in [2.05, 4.69) is 4.33 Å². The molecule has 2 aromatic carbocycles. The summed E-state index contributed by atoms with van der Waals surface area (Å²) in [6.45, 7) is 0. The largest absolute Gasteiger partial charge is 0.423 e. The van der Waals surface area contributed by atoms with Crippen LogP contribution in [-0.2, 0) is 63.4 Å². The number of carbonyl (C=O) groups excluding carboxylic acids is 2. The number of nitrogen functional groups attached to an aromatic ring is 1. The number of anilines is 1. The molecule has 0 aliphatic carbocycles. The van der Waals surface area contributed by atoms with Gasteiger partial charge in [-0.25, -0.2) is 28.4 Å². The number of carbonyl (C=O) groups is 2. The fourth-order valence-electron chi connectivity index (χ4n) is 4.63. The number of amides is 2. The van der Waals surface area contributed by atoms with Gasteiger partial charge in [0.25, 0.3) is 28.5 Å². The van der Waals surface area contributed by atoms with Gasteiger partial charge in [0.05, 0.1) is 5.69 Å². The molecule has 0 fully saturated rings. The van der Waals surface area contributed by atoms with Crippen molar-refractivity contribution in [2.24, 2.45) is 53.8 Å². The van der Waals surface area contributed by atoms with Crippen LogP contribution in [0.1, 0.15) is 68.7 Å². The standard InChI is InChI=1S/C14H13FIN3O3.C7H8ClN3O3.C7H6ClN3O2.C6H5FIN.4CH4.H2O5S.H2/c1-18-10(5-7-3-4-8(16)6-9(7)15)11(12(17)20)13(21)19(2)14(18)22;1-10-4(8)3(5(9)12)6(13)11(2)7(10)14;1-10-5(8)4(3-9)6(12)11(2)7(10)13;7-5-3-4(8)1-2-6(5)9;;;;;1-5-6(2,3)4;/h3-4,6H,5H2,1-2H3,(H2,17,20);1-2H3,(H2,9,12);1-2H3;1-3H,9H2;4*1H4;1H,(H,2,3,4);1H. The lowest BCUT2D eigenvalue weighted by molar-refractivity contribution is -0.139. The molecule has 0 spiro atoms. The first-order valence-electron chi connectivity index (χ1n) is 16.5. The highest BCUT2D eigenvalue weighted by atomic mass is 127. The first-order valence-corrected chi connectivity index (χ1v) is 20.8. The van der Waals surface area contributed by atoms with Crippen LogP contribution in [0, 0.1) is 30.1 Å². The van der Waals surface area contributed by atoms with Crippen LogP contribution in [-0.4, -0.2) is 57.4 Å². The Kier molecular flexibility index (Phi) is 29.8. The van der Waals surface area contributed by atoms with Crippen molar-refractivity contribution in [2.75, 3.05) is 5.73 Å². The maximum Gasteiger partial charge on any atom is 0.423 e. The minimum Gasteiger partial charge on any atom is -0.396 e. The molecule has 0 unspecified atom stereocenters. The second-order valence-electron chi connectivity index (χ2n) is 12.2. The van der Waals surface area contributed by atoms with Crippen molar-refractivity contribution < 1.29 is 42.4 Å². The lowest BCUT2D eigenvalue weighted by Crippen LogP contribution is -2.43. The van der Waals surface area contributed by atoms with E-state index in [9.17, 15) is 47.1 Å². The number of halogens is 6. The van der Waals surface area contributed by atoms with E-state index in [0.717, 1.165) is 31.0 Å². The van der Waals surface area contributed by atoms with E-state index >= 15 is 0 Å². The molecule has 0 aliphatic heterocycles. The summed E-state index contributed by atoms with van der Waals surface area (Å²) in [5.74, 6) is -2.72. The van der Waals surface area contributed by atoms with Gasteiger partial charge >= 0.3 is 27.5 Å². The van der Waals surface area contributed by atoms with Gasteiger partial charge in [-0.2, -0.15) is 13.7 Å². The van der Waals surface area contributed by atoms with Gasteiger partial charge < -0.3 is 17.2 Å². The van der Waals surface area contributed by atoms with Crippen LogP contribution in [0.5, 0.6) is 0 Å². The number of primary amides is 2. The molecule has 5 rings (SSSR count). The predicted molar refractivity (Wildman–Crippen MR) is 272 cm³/mol. The highest BCUT2D eigenvalue weighted by molar-refractivity contribution is 14.1. The summed E-state index contributed by atoms with van der Waals surface area (Å²) in [7, 11) is 3.34. The van der Waals surface area contributed by atoms with Crippen molar-refractivity contribution in [3.8, 4) is 6.07 Å². The zero-order valence-corrected chi connectivity index (χ0v) is 40.2. The first kappa shape index (κ1) is 69.0. The van der Waals surface area contributed by atoms with Crippen molar-refractivity contribution in [1.82, 2.24) is 27.4 Å². The molecule has 0 bridgehead atoms. The van der Waals surface area contributed by atoms with Crippen LogP contribution in [0.15, 0.2) is 65.2 Å². The normalized spacial score (nSPS) is 9.72. The topological polar surface area (TPSA) is 352 Å². The maximum atomic E-state index is 14.0. The van der Waals surface area contributed by atoms with Crippen molar-refractivity contribution in [3.63, 3.8) is 0 Å². The third kappa shape index (κ3) is 17.8. The zero-order valence-electron chi connectivity index (χ0n) is 33.6. The third-order valence-electron chi connectivity index (χ3n) is 8.01. The van der Waals surface area contributed by atoms with E-state index in [1.54, 1.807) is 30.3 Å². The summed E-state index contributed by atoms with van der Waals surface area (Å²) in [5, 5.41) is 15.3. The summed E-state index contributed by atoms with van der Waals surface area (Å²) in [4.78, 5) is 91.6. The SMILES string of the molecule is C.C.C.C.Cn1c(Cc2ccc(I)cc2F)c(C(N)=O)c(=O)n(C)c1=O.Cn1c(Cl)c(C#N)c(=O)n(C)c1=O.Cn1c(Cl)c(C(N)=O)c(=O)n(C)c1=O.Nc1ccc(I)cc1F.O=S(=O)(O)OO.[HH]. The van der Waals surface area contributed by atoms with E-state index in [4.69, 9.17) is 63.9 Å². The zero-order chi connectivity index (χ0) is 49.9. The number of nitriles is 1. The Hall–Kier alpha value is -5.56. The summed E-state index contributed by atoms with van der Waals surface area (Å²) in [5.41, 5.74) is 11.1. The summed E-state index contributed by atoms with van der Waals surface area (Å²) in [6.07, 6.45) is -0.0805. The first-order chi connectivity index (χ1) is 29.4. The molecule has 68 heavy (non-hydrogen) atoms. The molecule has 0 saturated carbocycles. The van der Waals surface area contributed by atoms with Gasteiger partial charge in [-0.05, 0) is 81.1 Å². The fraction of sp³-hybridized carbons (Fsp3) is 0.289. The molecule has 380 valence electrons. The van der Waals surface area contributed by atoms with Crippen molar-refractivity contribution >= 4 is 96.3 Å². The van der Waals surface area contributed by atoms with E-state index in [-0.39, 0.29) is 87.3 Å². The molecule has 5 aromatic rings. The average Bonchev–Trinajstić information content (AvgIpc) is 3.22. The molecule has 0 radical (unpaired) electrons. The van der Waals surface area contributed by atoms with Crippen LogP contribution >= 0.6 is 68.4 Å². The Labute approximate surface area is 426 Å². The van der Waals surface area contributed by atoms with Crippen LogP contribution in [0.4, 0.5) is 14.5 Å². The van der Waals surface area contributed by atoms with Crippen LogP contribution < -0.4 is 50.9 Å². The Morgan fingerprint density at radius 2 is 1.07 bits per heavy atom. The number of nitrogens with two attached hydrogens (primary N) is 3. The minimum atomic E-state index is -4.61. The van der Waals surface area contributed by atoms with E-state index in [1.165, 1.54) is 54.4 Å². The number of hydrogen-bond acceptors (Lipinski definition) is 14. The number of nitrogens with zero attached hydrogens (tertiary/aromatic N) is 7. The lowest BCUT2D eigenvalue weighted by atomic mass is 10.0. The number of aromatic nitrogens is 6. The molecule has 30 heteroatoms. The summed E-state index contributed by atoms with van der Waals surface area (Å²) in [6, 6.07) is 10.9. The highest BCUT2D eigenvalue weighted by Gasteiger charge is 2.21.